The highest BCUT2D eigenvalue weighted by molar-refractivity contribution is 8.77. The minimum atomic E-state index is -0.877. The van der Waals surface area contributed by atoms with Crippen LogP contribution in [0.1, 0.15) is 64.9 Å². The maximum atomic E-state index is 13.5. The van der Waals surface area contributed by atoms with Gasteiger partial charge in [0.1, 0.15) is 6.04 Å². The Hall–Kier alpha value is -1.95. The molecule has 2 unspecified atom stereocenters. The number of rotatable bonds is 18. The van der Waals surface area contributed by atoms with Crippen LogP contribution in [0.5, 0.6) is 0 Å². The van der Waals surface area contributed by atoms with Crippen molar-refractivity contribution in [3.63, 3.8) is 0 Å². The molecule has 0 aromatic heterocycles. The Morgan fingerprint density at radius 2 is 1.76 bits per heavy atom. The van der Waals surface area contributed by atoms with E-state index in [0.29, 0.717) is 29.7 Å². The zero-order valence-electron chi connectivity index (χ0n) is 24.2. The third kappa shape index (κ3) is 13.3. The van der Waals surface area contributed by atoms with E-state index in [1.807, 2.05) is 47.6 Å². The summed E-state index contributed by atoms with van der Waals surface area (Å²) in [6.07, 6.45) is 4.95. The zero-order chi connectivity index (χ0) is 30.2. The van der Waals surface area contributed by atoms with Gasteiger partial charge in [0.15, 0.2) is 0 Å². The van der Waals surface area contributed by atoms with Crippen LogP contribution in [-0.4, -0.2) is 71.5 Å². The summed E-state index contributed by atoms with van der Waals surface area (Å²) in [5.41, 5.74) is 0.862. The van der Waals surface area contributed by atoms with Crippen LogP contribution in [0.4, 0.5) is 0 Å². The summed E-state index contributed by atoms with van der Waals surface area (Å²) in [7, 11) is 3.84. The first-order chi connectivity index (χ1) is 19.6. The normalized spacial score (nSPS) is 17.0. The number of halogens is 1. The largest absolute Gasteiger partial charge is 0.396 e. The number of carbonyl (C=O) groups excluding carboxylic acids is 4. The molecule has 4 amide bonds. The zero-order valence-corrected chi connectivity index (χ0v) is 26.6. The highest BCUT2D eigenvalue weighted by atomic mass is 35.5. The molecular weight excluding hydrogens is 584 g/mol. The Kier molecular flexibility index (Phi) is 16.6. The Labute approximate surface area is 256 Å². The average molecular weight is 629 g/mol. The Morgan fingerprint density at radius 1 is 1.02 bits per heavy atom. The van der Waals surface area contributed by atoms with Crippen molar-refractivity contribution in [1.82, 2.24) is 21.3 Å². The van der Waals surface area contributed by atoms with Gasteiger partial charge in [0.2, 0.25) is 23.6 Å². The van der Waals surface area contributed by atoms with Crippen LogP contribution in [0.25, 0.3) is 0 Å². The van der Waals surface area contributed by atoms with Gasteiger partial charge in [-0.15, -0.1) is 0 Å². The molecule has 0 aliphatic carbocycles. The lowest BCUT2D eigenvalue weighted by molar-refractivity contribution is -0.132. The summed E-state index contributed by atoms with van der Waals surface area (Å²) in [5, 5.41) is 22.1. The highest BCUT2D eigenvalue weighted by Crippen LogP contribution is 2.39. The van der Waals surface area contributed by atoms with Gasteiger partial charge in [-0.2, -0.15) is 0 Å². The molecule has 0 spiro atoms. The lowest BCUT2D eigenvalue weighted by Crippen LogP contribution is -2.56. The van der Waals surface area contributed by atoms with Crippen molar-refractivity contribution in [2.75, 3.05) is 25.4 Å². The number of aliphatic hydroxyl groups is 1. The Morgan fingerprint density at radius 3 is 2.37 bits per heavy atom. The summed E-state index contributed by atoms with van der Waals surface area (Å²) < 4.78 is 0. The van der Waals surface area contributed by atoms with E-state index in [0.717, 1.165) is 24.8 Å². The molecule has 0 saturated carbocycles. The van der Waals surface area contributed by atoms with Gasteiger partial charge in [0, 0.05) is 41.6 Å². The van der Waals surface area contributed by atoms with Crippen molar-refractivity contribution in [2.45, 2.75) is 83.1 Å². The fourth-order valence-electron chi connectivity index (χ4n) is 4.65. The van der Waals surface area contributed by atoms with Gasteiger partial charge < -0.3 is 26.4 Å². The molecule has 9 nitrogen and oxygen atoms in total. The van der Waals surface area contributed by atoms with Crippen molar-refractivity contribution in [3.8, 4) is 0 Å². The Bertz CT molecular complexity index is 976. The molecular formula is C29H45ClN4O5S2. The van der Waals surface area contributed by atoms with Gasteiger partial charge in [0.05, 0.1) is 12.5 Å². The molecule has 1 saturated heterocycles. The summed E-state index contributed by atoms with van der Waals surface area (Å²) in [6.45, 7) is 5.40. The van der Waals surface area contributed by atoms with E-state index in [4.69, 9.17) is 11.6 Å². The number of carbonyl (C=O) groups is 4. The highest BCUT2D eigenvalue weighted by Gasteiger charge is 2.33. The second kappa shape index (κ2) is 19.3. The molecule has 5 N–H and O–H groups in total. The van der Waals surface area contributed by atoms with Gasteiger partial charge in [-0.3, -0.25) is 19.2 Å². The second-order valence-corrected chi connectivity index (χ2v) is 13.8. The first kappa shape index (κ1) is 35.2. The van der Waals surface area contributed by atoms with Gasteiger partial charge >= 0.3 is 0 Å². The quantitative estimate of drug-likeness (QED) is 0.124. The number of unbranched alkanes of at least 4 members (excludes halogenated alkanes) is 1. The number of hydrogen-bond donors (Lipinski definition) is 5. The van der Waals surface area contributed by atoms with Crippen LogP contribution in [0.15, 0.2) is 24.3 Å². The van der Waals surface area contributed by atoms with Gasteiger partial charge in [-0.05, 0) is 62.6 Å². The van der Waals surface area contributed by atoms with Crippen LogP contribution in [0.2, 0.25) is 5.02 Å². The summed E-state index contributed by atoms with van der Waals surface area (Å²) >= 11 is 6.03. The number of hydrogen-bond acceptors (Lipinski definition) is 7. The smallest absolute Gasteiger partial charge is 0.243 e. The predicted octanol–water partition coefficient (Wildman–Crippen LogP) is 3.47. The average Bonchev–Trinajstić information content (AvgIpc) is 3.46. The van der Waals surface area contributed by atoms with Crippen LogP contribution in [0, 0.1) is 11.8 Å². The molecule has 0 bridgehead atoms. The number of nitrogens with one attached hydrogen (secondary N) is 4. The first-order valence-electron chi connectivity index (χ1n) is 14.4. The number of amides is 4. The molecule has 0 radical (unpaired) electrons. The molecule has 1 aromatic carbocycles. The molecule has 230 valence electrons. The topological polar surface area (TPSA) is 137 Å². The third-order valence-corrected chi connectivity index (χ3v) is 10.2. The van der Waals surface area contributed by atoms with Crippen molar-refractivity contribution >= 4 is 56.8 Å². The van der Waals surface area contributed by atoms with E-state index >= 15 is 0 Å². The first-order valence-corrected chi connectivity index (χ1v) is 17.2. The SMILES string of the molecule is CCNC(=O)C(CCO)[C@H](Cc1ccc(Cl)cc1)NC(=O)[C@@H](NC(=O)CNC(=O)CCCCC1CCSS1)C(C)C. The second-order valence-electron chi connectivity index (χ2n) is 10.6. The van der Waals surface area contributed by atoms with E-state index in [9.17, 15) is 24.3 Å². The van der Waals surface area contributed by atoms with Gasteiger partial charge in [0.25, 0.3) is 0 Å². The van der Waals surface area contributed by atoms with E-state index < -0.39 is 29.8 Å². The van der Waals surface area contributed by atoms with Crippen molar-refractivity contribution in [2.24, 2.45) is 11.8 Å². The van der Waals surface area contributed by atoms with Crippen LogP contribution in [0.3, 0.4) is 0 Å². The van der Waals surface area contributed by atoms with Crippen LogP contribution < -0.4 is 21.3 Å². The summed E-state index contributed by atoms with van der Waals surface area (Å²) in [6, 6.07) is 5.61. The van der Waals surface area contributed by atoms with E-state index in [-0.39, 0.29) is 37.3 Å². The fourth-order valence-corrected chi connectivity index (χ4v) is 7.80. The number of benzene rings is 1. The minimum absolute atomic E-state index is 0.160. The van der Waals surface area contributed by atoms with E-state index in [1.165, 1.54) is 12.2 Å². The number of aliphatic hydroxyl groups excluding tert-OH is 1. The van der Waals surface area contributed by atoms with Crippen molar-refractivity contribution in [1.29, 1.82) is 0 Å². The standard InChI is InChI=1S/C29H45ClN4O5S2/c1-4-31-28(38)23(13-15-35)24(17-20-9-11-21(30)12-10-20)33-29(39)27(19(2)3)34-26(37)18-32-25(36)8-6-5-7-22-14-16-40-41-22/h9-12,19,22-24,27,35H,4-8,13-18H2,1-3H3,(H,31,38)(H,32,36)(H,33,39)(H,34,37)/t22?,23?,24-,27-/m0/s1. The third-order valence-electron chi connectivity index (χ3n) is 6.93. The van der Waals surface area contributed by atoms with Crippen molar-refractivity contribution < 1.29 is 24.3 Å². The summed E-state index contributed by atoms with van der Waals surface area (Å²) in [5.74, 6) is -1.09. The monoisotopic (exact) mass is 628 g/mol. The van der Waals surface area contributed by atoms with Crippen LogP contribution in [-0.2, 0) is 25.6 Å². The maximum Gasteiger partial charge on any atom is 0.243 e. The fraction of sp³-hybridized carbons (Fsp3) is 0.655. The molecule has 1 aliphatic rings. The van der Waals surface area contributed by atoms with Gasteiger partial charge in [-0.1, -0.05) is 65.6 Å². The van der Waals surface area contributed by atoms with Crippen molar-refractivity contribution in [3.05, 3.63) is 34.9 Å². The molecule has 41 heavy (non-hydrogen) atoms. The minimum Gasteiger partial charge on any atom is -0.396 e. The van der Waals surface area contributed by atoms with Gasteiger partial charge in [-0.25, -0.2) is 0 Å². The lowest BCUT2D eigenvalue weighted by Gasteiger charge is -2.30. The van der Waals surface area contributed by atoms with Crippen LogP contribution >= 0.6 is 33.2 Å². The predicted molar refractivity (Wildman–Crippen MR) is 168 cm³/mol. The molecule has 1 fully saturated rings. The molecule has 1 aliphatic heterocycles. The lowest BCUT2D eigenvalue weighted by atomic mass is 9.89. The van der Waals surface area contributed by atoms with E-state index in [2.05, 4.69) is 21.3 Å². The molecule has 1 aromatic rings. The summed E-state index contributed by atoms with van der Waals surface area (Å²) in [4.78, 5) is 51.3. The molecule has 4 atom stereocenters. The maximum absolute atomic E-state index is 13.5. The van der Waals surface area contributed by atoms with E-state index in [1.54, 1.807) is 19.1 Å². The molecule has 12 heteroatoms. The molecule has 2 rings (SSSR count). The Balaban J connectivity index is 1.97. The molecule has 1 heterocycles.